The zero-order valence-corrected chi connectivity index (χ0v) is 22.9. The summed E-state index contributed by atoms with van der Waals surface area (Å²) in [6.07, 6.45) is 0. The van der Waals surface area contributed by atoms with Gasteiger partial charge in [0.05, 0.1) is 22.0 Å². The summed E-state index contributed by atoms with van der Waals surface area (Å²) in [5.41, 5.74) is 5.05. The highest BCUT2D eigenvalue weighted by Gasteiger charge is 2.36. The summed E-state index contributed by atoms with van der Waals surface area (Å²) in [5.74, 6) is -0.921. The number of anilines is 2. The lowest BCUT2D eigenvalue weighted by Gasteiger charge is -2.21. The van der Waals surface area contributed by atoms with Crippen LogP contribution in [0.25, 0.3) is 0 Å². The third-order valence-corrected chi connectivity index (χ3v) is 8.43. The van der Waals surface area contributed by atoms with Gasteiger partial charge in [-0.05, 0) is 73.3 Å². The zero-order chi connectivity index (χ0) is 27.6. The molecule has 1 amide bonds. The number of hydrogen-bond acceptors (Lipinski definition) is 5. The van der Waals surface area contributed by atoms with Crippen LogP contribution in [0.15, 0.2) is 113 Å². The molecule has 1 aliphatic rings. The molecule has 39 heavy (non-hydrogen) atoms. The molecule has 4 aromatic rings. The maximum Gasteiger partial charge on any atom is 0.264 e. The first-order chi connectivity index (χ1) is 18.7. The number of amides is 1. The number of sulfonamides is 1. The minimum absolute atomic E-state index is 0.197. The smallest absolute Gasteiger partial charge is 0.264 e. The standard InChI is InChI=1S/C31H30N4O3S/c1-34(2)21-22-11-10-14-24(19-22)32-30(23-12-6-4-7-13-23)29-27-20-25(17-18-28(27)33-31(29)36)35(3)39(37,38)26-15-8-5-9-16-26/h4-20,29H,21H2,1-3H3,(H,33,36). The topological polar surface area (TPSA) is 82.1 Å². The Kier molecular flexibility index (Phi) is 7.32. The summed E-state index contributed by atoms with van der Waals surface area (Å²) < 4.78 is 27.8. The van der Waals surface area contributed by atoms with Crippen LogP contribution >= 0.6 is 0 Å². The lowest BCUT2D eigenvalue weighted by molar-refractivity contribution is -0.115. The van der Waals surface area contributed by atoms with Gasteiger partial charge >= 0.3 is 0 Å². The van der Waals surface area contributed by atoms with E-state index in [9.17, 15) is 13.2 Å². The fourth-order valence-corrected chi connectivity index (χ4v) is 5.95. The molecule has 0 bridgehead atoms. The summed E-state index contributed by atoms with van der Waals surface area (Å²) in [6, 6.07) is 31.1. The Morgan fingerprint density at radius 3 is 2.23 bits per heavy atom. The molecule has 1 heterocycles. The molecule has 7 nitrogen and oxygen atoms in total. The van der Waals surface area contributed by atoms with Crippen molar-refractivity contribution >= 4 is 38.7 Å². The summed E-state index contributed by atoms with van der Waals surface area (Å²) in [6.45, 7) is 0.766. The lowest BCUT2D eigenvalue weighted by atomic mass is 9.90. The number of benzene rings is 4. The molecule has 0 spiro atoms. The average molecular weight is 539 g/mol. The second kappa shape index (κ2) is 10.8. The zero-order valence-electron chi connectivity index (χ0n) is 22.1. The molecule has 0 radical (unpaired) electrons. The van der Waals surface area contributed by atoms with Crippen molar-refractivity contribution in [3.05, 3.63) is 120 Å². The van der Waals surface area contributed by atoms with Gasteiger partial charge in [-0.3, -0.25) is 14.1 Å². The lowest BCUT2D eigenvalue weighted by Crippen LogP contribution is -2.26. The molecule has 0 saturated carbocycles. The largest absolute Gasteiger partial charge is 0.325 e. The van der Waals surface area contributed by atoms with E-state index in [1.165, 1.54) is 11.4 Å². The Balaban J connectivity index is 1.60. The maximum atomic E-state index is 13.4. The average Bonchev–Trinajstić information content (AvgIpc) is 3.26. The highest BCUT2D eigenvalue weighted by Crippen LogP contribution is 2.39. The van der Waals surface area contributed by atoms with Crippen molar-refractivity contribution in [2.45, 2.75) is 17.4 Å². The van der Waals surface area contributed by atoms with E-state index >= 15 is 0 Å². The van der Waals surface area contributed by atoms with E-state index in [0.717, 1.165) is 23.4 Å². The first-order valence-electron chi connectivity index (χ1n) is 12.6. The van der Waals surface area contributed by atoms with Gasteiger partial charge in [-0.25, -0.2) is 8.42 Å². The van der Waals surface area contributed by atoms with E-state index < -0.39 is 15.9 Å². The van der Waals surface area contributed by atoms with Crippen LogP contribution in [0.4, 0.5) is 17.1 Å². The van der Waals surface area contributed by atoms with Crippen LogP contribution in [0.5, 0.6) is 0 Å². The fourth-order valence-electron chi connectivity index (χ4n) is 4.74. The normalized spacial score (nSPS) is 15.2. The maximum absolute atomic E-state index is 13.4. The van der Waals surface area contributed by atoms with E-state index in [2.05, 4.69) is 10.2 Å². The molecular weight excluding hydrogens is 508 g/mol. The van der Waals surface area contributed by atoms with Crippen LogP contribution in [0, 0.1) is 0 Å². The Morgan fingerprint density at radius 2 is 1.54 bits per heavy atom. The van der Waals surface area contributed by atoms with Gasteiger partial charge < -0.3 is 10.2 Å². The van der Waals surface area contributed by atoms with Gasteiger partial charge in [0.2, 0.25) is 5.91 Å². The molecule has 8 heteroatoms. The van der Waals surface area contributed by atoms with E-state index in [0.29, 0.717) is 22.6 Å². The summed E-state index contributed by atoms with van der Waals surface area (Å²) in [7, 11) is 1.76. The highest BCUT2D eigenvalue weighted by molar-refractivity contribution is 7.92. The Labute approximate surface area is 229 Å². The number of nitrogens with one attached hydrogen (secondary N) is 1. The first kappa shape index (κ1) is 26.3. The highest BCUT2D eigenvalue weighted by atomic mass is 32.2. The molecule has 0 fully saturated rings. The second-order valence-corrected chi connectivity index (χ2v) is 11.7. The SMILES string of the molecule is CN(C)Cc1cccc(N=C(c2ccccc2)C2C(=O)Nc3ccc(N(C)S(=O)(=O)c4ccccc4)cc32)c1. The van der Waals surface area contributed by atoms with E-state index in [4.69, 9.17) is 4.99 Å². The number of carbonyl (C=O) groups is 1. The number of aliphatic imine (C=N–C) groups is 1. The van der Waals surface area contributed by atoms with Crippen LogP contribution in [0.2, 0.25) is 0 Å². The van der Waals surface area contributed by atoms with Gasteiger partial charge in [-0.1, -0.05) is 60.7 Å². The van der Waals surface area contributed by atoms with Gasteiger partial charge in [0.1, 0.15) is 5.92 Å². The molecule has 4 aromatic carbocycles. The molecule has 0 aliphatic carbocycles. The Morgan fingerprint density at radius 1 is 0.846 bits per heavy atom. The van der Waals surface area contributed by atoms with Crippen molar-refractivity contribution < 1.29 is 13.2 Å². The molecular formula is C31H30N4O3S. The number of rotatable bonds is 8. The minimum atomic E-state index is -3.78. The van der Waals surface area contributed by atoms with Crippen molar-refractivity contribution in [3.8, 4) is 0 Å². The predicted octanol–water partition coefficient (Wildman–Crippen LogP) is 5.43. The monoisotopic (exact) mass is 538 g/mol. The minimum Gasteiger partial charge on any atom is -0.325 e. The molecule has 1 aliphatic heterocycles. The van der Waals surface area contributed by atoms with Crippen molar-refractivity contribution in [1.29, 1.82) is 0 Å². The summed E-state index contributed by atoms with van der Waals surface area (Å²) >= 11 is 0. The molecule has 1 unspecified atom stereocenters. The Bertz CT molecular complexity index is 1640. The van der Waals surface area contributed by atoms with Crippen LogP contribution < -0.4 is 9.62 Å². The van der Waals surface area contributed by atoms with Gasteiger partial charge in [0, 0.05) is 19.3 Å². The van der Waals surface area contributed by atoms with Crippen LogP contribution in [-0.4, -0.2) is 46.1 Å². The molecule has 1 N–H and O–H groups in total. The van der Waals surface area contributed by atoms with E-state index in [1.54, 1.807) is 48.5 Å². The first-order valence-corrected chi connectivity index (χ1v) is 14.0. The molecule has 1 atom stereocenters. The van der Waals surface area contributed by atoms with Gasteiger partial charge in [0.15, 0.2) is 0 Å². The Hall–Kier alpha value is -4.27. The second-order valence-electron chi connectivity index (χ2n) is 9.75. The van der Waals surface area contributed by atoms with E-state index in [-0.39, 0.29) is 10.8 Å². The van der Waals surface area contributed by atoms with Gasteiger partial charge in [-0.2, -0.15) is 0 Å². The van der Waals surface area contributed by atoms with Crippen LogP contribution in [0.1, 0.15) is 22.6 Å². The number of hydrogen-bond donors (Lipinski definition) is 1. The molecule has 0 aromatic heterocycles. The molecule has 198 valence electrons. The molecule has 5 rings (SSSR count). The molecule has 0 saturated heterocycles. The third-order valence-electron chi connectivity index (χ3n) is 6.63. The van der Waals surface area contributed by atoms with Crippen molar-refractivity contribution in [3.63, 3.8) is 0 Å². The van der Waals surface area contributed by atoms with E-state index in [1.807, 2.05) is 68.7 Å². The number of fused-ring (bicyclic) bond motifs is 1. The van der Waals surface area contributed by atoms with Crippen molar-refractivity contribution in [2.75, 3.05) is 30.8 Å². The van der Waals surface area contributed by atoms with Crippen LogP contribution in [-0.2, 0) is 21.4 Å². The van der Waals surface area contributed by atoms with Gasteiger partial charge in [-0.15, -0.1) is 0 Å². The third kappa shape index (κ3) is 5.48. The van der Waals surface area contributed by atoms with Crippen molar-refractivity contribution in [1.82, 2.24) is 4.90 Å². The fraction of sp³-hybridized carbons (Fsp3) is 0.161. The quantitative estimate of drug-likeness (QED) is 0.303. The van der Waals surface area contributed by atoms with Crippen LogP contribution in [0.3, 0.4) is 0 Å². The van der Waals surface area contributed by atoms with Gasteiger partial charge in [0.25, 0.3) is 10.0 Å². The summed E-state index contributed by atoms with van der Waals surface area (Å²) in [5, 5.41) is 2.96. The predicted molar refractivity (Wildman–Crippen MR) is 156 cm³/mol. The summed E-state index contributed by atoms with van der Waals surface area (Å²) in [4.78, 5) is 20.7. The number of nitrogens with zero attached hydrogens (tertiary/aromatic N) is 3. The van der Waals surface area contributed by atoms with Crippen molar-refractivity contribution in [2.24, 2.45) is 4.99 Å². The number of carbonyl (C=O) groups excluding carboxylic acids is 1.